The first-order chi connectivity index (χ1) is 11.6. The molecule has 0 aromatic heterocycles. The van der Waals surface area contributed by atoms with E-state index in [0.29, 0.717) is 11.3 Å². The van der Waals surface area contributed by atoms with Gasteiger partial charge in [0.2, 0.25) is 0 Å². The smallest absolute Gasteiger partial charge is 0.344 e. The van der Waals surface area contributed by atoms with Crippen LogP contribution in [0, 0.1) is 5.82 Å². The topological polar surface area (TPSA) is 55.8 Å². The summed E-state index contributed by atoms with van der Waals surface area (Å²) >= 11 is 0. The molecule has 0 saturated carbocycles. The number of carbonyl (C=O) groups is 2. The highest BCUT2D eigenvalue weighted by Gasteiger charge is 2.14. The van der Waals surface area contributed by atoms with Crippen molar-refractivity contribution in [1.29, 1.82) is 0 Å². The van der Waals surface area contributed by atoms with Gasteiger partial charge < -0.3 is 14.4 Å². The minimum atomic E-state index is -0.647. The summed E-state index contributed by atoms with van der Waals surface area (Å²) in [6, 6.07) is 15.0. The van der Waals surface area contributed by atoms with Crippen molar-refractivity contribution in [1.82, 2.24) is 4.90 Å². The van der Waals surface area contributed by atoms with Gasteiger partial charge in [-0.2, -0.15) is 0 Å². The summed E-state index contributed by atoms with van der Waals surface area (Å²) in [5, 5.41) is 0. The van der Waals surface area contributed by atoms with Gasteiger partial charge in [0.25, 0.3) is 5.91 Å². The van der Waals surface area contributed by atoms with E-state index >= 15 is 0 Å². The van der Waals surface area contributed by atoms with Gasteiger partial charge in [0, 0.05) is 19.2 Å². The molecule has 0 atom stereocenters. The number of hydrogen-bond donors (Lipinski definition) is 0. The molecule has 0 heterocycles. The molecule has 2 aromatic carbocycles. The molecule has 0 aliphatic rings. The molecule has 6 heteroatoms. The zero-order valence-corrected chi connectivity index (χ0v) is 13.3. The van der Waals surface area contributed by atoms with Crippen LogP contribution in [0.5, 0.6) is 5.75 Å². The highest BCUT2D eigenvalue weighted by molar-refractivity contribution is 5.80. The maximum atomic E-state index is 13.5. The van der Waals surface area contributed by atoms with E-state index in [9.17, 15) is 14.0 Å². The molecule has 0 spiro atoms. The molecule has 0 bridgehead atoms. The summed E-state index contributed by atoms with van der Waals surface area (Å²) in [5.41, 5.74) is 0.395. The summed E-state index contributed by atoms with van der Waals surface area (Å²) in [7, 11) is 1.52. The maximum absolute atomic E-state index is 13.5. The third kappa shape index (κ3) is 5.39. The van der Waals surface area contributed by atoms with E-state index in [2.05, 4.69) is 0 Å². The van der Waals surface area contributed by atoms with E-state index in [0.717, 1.165) is 0 Å². The average molecular weight is 331 g/mol. The van der Waals surface area contributed by atoms with Gasteiger partial charge in [0.15, 0.2) is 13.2 Å². The Balaban J connectivity index is 1.73. The van der Waals surface area contributed by atoms with E-state index in [-0.39, 0.29) is 19.0 Å². The number of esters is 1. The SMILES string of the molecule is CN(Cc1ccccc1F)C(=O)COC(=O)COc1ccccc1. The number of para-hydroxylation sites is 1. The Morgan fingerprint density at radius 3 is 2.38 bits per heavy atom. The van der Waals surface area contributed by atoms with Crippen molar-refractivity contribution in [2.75, 3.05) is 20.3 Å². The number of rotatable bonds is 7. The van der Waals surface area contributed by atoms with Crippen molar-refractivity contribution < 1.29 is 23.5 Å². The molecule has 0 radical (unpaired) electrons. The van der Waals surface area contributed by atoms with Gasteiger partial charge in [-0.05, 0) is 18.2 Å². The Hall–Kier alpha value is -2.89. The predicted octanol–water partition coefficient (Wildman–Crippen LogP) is 2.41. The Kier molecular flexibility index (Phi) is 6.31. The van der Waals surface area contributed by atoms with Gasteiger partial charge in [-0.3, -0.25) is 4.79 Å². The zero-order chi connectivity index (χ0) is 17.4. The first kappa shape index (κ1) is 17.5. The number of likely N-dealkylation sites (N-methyl/N-ethyl adjacent to an activating group) is 1. The van der Waals surface area contributed by atoms with Gasteiger partial charge >= 0.3 is 5.97 Å². The quantitative estimate of drug-likeness (QED) is 0.731. The van der Waals surface area contributed by atoms with Gasteiger partial charge in [-0.25, -0.2) is 9.18 Å². The lowest BCUT2D eigenvalue weighted by molar-refractivity contribution is -0.153. The van der Waals surface area contributed by atoms with Crippen LogP contribution in [0.2, 0.25) is 0 Å². The molecule has 0 aliphatic carbocycles. The molecule has 0 saturated heterocycles. The van der Waals surface area contributed by atoms with Crippen LogP contribution in [0.25, 0.3) is 0 Å². The number of nitrogens with zero attached hydrogens (tertiary/aromatic N) is 1. The zero-order valence-electron chi connectivity index (χ0n) is 13.3. The van der Waals surface area contributed by atoms with E-state index < -0.39 is 18.5 Å². The summed E-state index contributed by atoms with van der Waals surface area (Å²) in [5.74, 6) is -0.916. The van der Waals surface area contributed by atoms with Crippen LogP contribution in [0.3, 0.4) is 0 Å². The van der Waals surface area contributed by atoms with Crippen molar-refractivity contribution >= 4 is 11.9 Å². The second-order valence-electron chi connectivity index (χ2n) is 5.10. The summed E-state index contributed by atoms with van der Waals surface area (Å²) in [4.78, 5) is 24.8. The molecule has 0 N–H and O–H groups in total. The fourth-order valence-corrected chi connectivity index (χ4v) is 1.92. The fraction of sp³-hybridized carbons (Fsp3) is 0.222. The van der Waals surface area contributed by atoms with Crippen LogP contribution < -0.4 is 4.74 Å². The molecule has 126 valence electrons. The third-order valence-electron chi connectivity index (χ3n) is 3.25. The maximum Gasteiger partial charge on any atom is 0.344 e. The third-order valence-corrected chi connectivity index (χ3v) is 3.25. The molecule has 1 amide bonds. The van der Waals surface area contributed by atoms with Crippen LogP contribution >= 0.6 is 0 Å². The van der Waals surface area contributed by atoms with Crippen LogP contribution in [-0.4, -0.2) is 37.0 Å². The average Bonchev–Trinajstić information content (AvgIpc) is 2.60. The molecule has 24 heavy (non-hydrogen) atoms. The normalized spacial score (nSPS) is 10.1. The van der Waals surface area contributed by atoms with E-state index in [4.69, 9.17) is 9.47 Å². The first-order valence-electron chi connectivity index (χ1n) is 7.37. The van der Waals surface area contributed by atoms with Crippen molar-refractivity contribution in [3.63, 3.8) is 0 Å². The van der Waals surface area contributed by atoms with E-state index in [1.807, 2.05) is 6.07 Å². The van der Waals surface area contributed by atoms with Crippen LogP contribution in [0.15, 0.2) is 54.6 Å². The Labute approximate surface area is 139 Å². The van der Waals surface area contributed by atoms with Crippen molar-refractivity contribution in [2.45, 2.75) is 6.54 Å². The first-order valence-corrected chi connectivity index (χ1v) is 7.37. The molecule has 2 aromatic rings. The lowest BCUT2D eigenvalue weighted by Crippen LogP contribution is -2.31. The number of amides is 1. The van der Waals surface area contributed by atoms with E-state index in [1.54, 1.807) is 42.5 Å². The largest absolute Gasteiger partial charge is 0.482 e. The molecule has 5 nitrogen and oxygen atoms in total. The summed E-state index contributed by atoms with van der Waals surface area (Å²) < 4.78 is 23.6. The molecular weight excluding hydrogens is 313 g/mol. The number of halogens is 1. The second-order valence-corrected chi connectivity index (χ2v) is 5.10. The molecule has 2 rings (SSSR count). The monoisotopic (exact) mass is 331 g/mol. The van der Waals surface area contributed by atoms with Crippen LogP contribution in [0.4, 0.5) is 4.39 Å². The molecule has 0 aliphatic heterocycles. The lowest BCUT2D eigenvalue weighted by atomic mass is 10.2. The van der Waals surface area contributed by atoms with Crippen molar-refractivity contribution in [3.8, 4) is 5.75 Å². The van der Waals surface area contributed by atoms with Gasteiger partial charge in [-0.1, -0.05) is 36.4 Å². The number of hydrogen-bond acceptors (Lipinski definition) is 4. The van der Waals surface area contributed by atoms with Crippen molar-refractivity contribution in [3.05, 3.63) is 66.0 Å². The molecular formula is C18H18FNO4. The summed E-state index contributed by atoms with van der Waals surface area (Å²) in [6.45, 7) is -0.597. The molecule has 0 fully saturated rings. The lowest BCUT2D eigenvalue weighted by Gasteiger charge is -2.17. The van der Waals surface area contributed by atoms with Crippen LogP contribution in [-0.2, 0) is 20.9 Å². The van der Waals surface area contributed by atoms with Gasteiger partial charge in [-0.15, -0.1) is 0 Å². The predicted molar refractivity (Wildman–Crippen MR) is 85.8 cm³/mol. The summed E-state index contributed by atoms with van der Waals surface area (Å²) in [6.07, 6.45) is 0. The Morgan fingerprint density at radius 2 is 1.67 bits per heavy atom. The number of ether oxygens (including phenoxy) is 2. The van der Waals surface area contributed by atoms with Crippen molar-refractivity contribution in [2.24, 2.45) is 0 Å². The Morgan fingerprint density at radius 1 is 1.00 bits per heavy atom. The second kappa shape index (κ2) is 8.67. The van der Waals surface area contributed by atoms with Gasteiger partial charge in [0.1, 0.15) is 11.6 Å². The fourth-order valence-electron chi connectivity index (χ4n) is 1.92. The minimum Gasteiger partial charge on any atom is -0.482 e. The standard InChI is InChI=1S/C18H18FNO4/c1-20(11-14-7-5-6-10-16(14)19)17(21)12-24-18(22)13-23-15-8-3-2-4-9-15/h2-10H,11-13H2,1H3. The highest BCUT2D eigenvalue weighted by Crippen LogP contribution is 2.09. The minimum absolute atomic E-state index is 0.101. The Bertz CT molecular complexity index is 690. The van der Waals surface area contributed by atoms with Gasteiger partial charge in [0.05, 0.1) is 0 Å². The highest BCUT2D eigenvalue weighted by atomic mass is 19.1. The molecule has 0 unspecified atom stereocenters. The van der Waals surface area contributed by atoms with Crippen LogP contribution in [0.1, 0.15) is 5.56 Å². The number of carbonyl (C=O) groups excluding carboxylic acids is 2. The number of benzene rings is 2. The van der Waals surface area contributed by atoms with E-state index in [1.165, 1.54) is 18.0 Å².